The van der Waals surface area contributed by atoms with E-state index in [-0.39, 0.29) is 10.8 Å². The first kappa shape index (κ1) is 39.2. The van der Waals surface area contributed by atoms with Gasteiger partial charge in [0.15, 0.2) is 0 Å². The van der Waals surface area contributed by atoms with Crippen LogP contribution in [-0.2, 0) is 16.2 Å². The Balaban J connectivity index is 0.911. The summed E-state index contributed by atoms with van der Waals surface area (Å²) in [6.45, 7) is 9.44. The maximum Gasteiger partial charge on any atom is 0.0726 e. The van der Waals surface area contributed by atoms with E-state index >= 15 is 0 Å². The Labute approximate surface area is 399 Å². The lowest BCUT2D eigenvalue weighted by atomic mass is 9.70. The molecule has 0 N–H and O–H groups in total. The molecular weight excluding hydrogens is 819 g/mol. The van der Waals surface area contributed by atoms with E-state index in [0.717, 1.165) is 17.1 Å². The lowest BCUT2D eigenvalue weighted by Crippen LogP contribution is -2.26. The molecule has 0 radical (unpaired) electrons. The van der Waals surface area contributed by atoms with Crippen molar-refractivity contribution in [3.63, 3.8) is 0 Å². The van der Waals surface area contributed by atoms with Crippen LogP contribution >= 0.6 is 0 Å². The van der Waals surface area contributed by atoms with Crippen molar-refractivity contribution in [3.05, 3.63) is 269 Å². The van der Waals surface area contributed by atoms with Gasteiger partial charge in [0.2, 0.25) is 0 Å². The second kappa shape index (κ2) is 14.0. The molecular formula is C67H49N. The fraction of sp³-hybridized carbons (Fsp3) is 0.104. The highest BCUT2D eigenvalue weighted by molar-refractivity contribution is 5.97. The van der Waals surface area contributed by atoms with Crippen LogP contribution in [0.25, 0.3) is 66.8 Å². The van der Waals surface area contributed by atoms with Gasteiger partial charge in [0.1, 0.15) is 0 Å². The Kier molecular flexibility index (Phi) is 8.08. The van der Waals surface area contributed by atoms with E-state index in [1.165, 1.54) is 111 Å². The van der Waals surface area contributed by atoms with Gasteiger partial charge in [-0.2, -0.15) is 0 Å². The highest BCUT2D eigenvalue weighted by atomic mass is 15.1. The first-order chi connectivity index (χ1) is 33.2. The number of hydrogen-bond donors (Lipinski definition) is 0. The molecule has 10 aromatic carbocycles. The Morgan fingerprint density at radius 3 is 0.941 bits per heavy atom. The van der Waals surface area contributed by atoms with Gasteiger partial charge in [-0.3, -0.25) is 0 Å². The predicted molar refractivity (Wildman–Crippen MR) is 283 cm³/mol. The van der Waals surface area contributed by atoms with Crippen LogP contribution in [0, 0.1) is 0 Å². The van der Waals surface area contributed by atoms with Crippen LogP contribution < -0.4 is 4.90 Å². The molecule has 0 unspecified atom stereocenters. The van der Waals surface area contributed by atoms with Crippen LogP contribution in [0.4, 0.5) is 17.1 Å². The average Bonchev–Trinajstić information content (AvgIpc) is 4.02. The summed E-state index contributed by atoms with van der Waals surface area (Å²) in [7, 11) is 0. The largest absolute Gasteiger partial charge is 0.310 e. The minimum Gasteiger partial charge on any atom is -0.310 e. The Morgan fingerprint density at radius 1 is 0.235 bits per heavy atom. The van der Waals surface area contributed by atoms with Gasteiger partial charge in [0, 0.05) is 27.9 Å². The number of hydrogen-bond acceptors (Lipinski definition) is 1. The molecule has 4 aliphatic carbocycles. The molecule has 1 spiro atoms. The zero-order chi connectivity index (χ0) is 45.5. The van der Waals surface area contributed by atoms with Gasteiger partial charge >= 0.3 is 0 Å². The SMILES string of the molecule is CC1(C)c2ccccc2-c2ccc(-c3ccc(N(c4ccc(-c5ccc6c(c5)C(C)(C)c5ccccc5-6)cc4)c4ccc5c(c4)C4(c6ccccc6-c6ccccc64)c4ccccc4-5)cc3)cc21. The van der Waals surface area contributed by atoms with E-state index in [2.05, 4.69) is 257 Å². The normalized spacial score (nSPS) is 15.1. The van der Waals surface area contributed by atoms with Gasteiger partial charge in [0.25, 0.3) is 0 Å². The van der Waals surface area contributed by atoms with Crippen molar-refractivity contribution >= 4 is 17.1 Å². The molecule has 0 aliphatic heterocycles. The third-order valence-corrected chi connectivity index (χ3v) is 16.3. The standard InChI is InChI=1S/C67H49N/c1-65(2)57-20-10-5-15-49(57)54-36-29-44(39-62(54)65)42-25-31-46(32-26-42)68(47-33-27-43(28-34-47)45-30-37-55-50-16-6-11-21-58(50)66(3,4)63(55)40-45)48-35-38-56-53-19-9-14-24-61(53)67(64(56)41-48)59-22-12-7-17-51(59)52-18-8-13-23-60(52)67/h5-41H,1-4H3. The first-order valence-electron chi connectivity index (χ1n) is 24.2. The molecule has 14 rings (SSSR count). The fourth-order valence-corrected chi connectivity index (χ4v) is 13.0. The van der Waals surface area contributed by atoms with E-state index in [1.54, 1.807) is 0 Å². The number of rotatable bonds is 5. The summed E-state index contributed by atoms with van der Waals surface area (Å²) < 4.78 is 0. The Morgan fingerprint density at radius 2 is 0.529 bits per heavy atom. The van der Waals surface area contributed by atoms with Gasteiger partial charge in [-0.05, 0) is 160 Å². The topological polar surface area (TPSA) is 3.24 Å². The maximum atomic E-state index is 2.50. The van der Waals surface area contributed by atoms with E-state index in [0.29, 0.717) is 0 Å². The number of benzene rings is 10. The minimum absolute atomic E-state index is 0.0588. The molecule has 322 valence electrons. The van der Waals surface area contributed by atoms with Crippen molar-refractivity contribution in [2.75, 3.05) is 4.90 Å². The third kappa shape index (κ3) is 5.22. The van der Waals surface area contributed by atoms with E-state index < -0.39 is 5.41 Å². The Bertz CT molecular complexity index is 3520. The second-order valence-corrected chi connectivity index (χ2v) is 20.4. The second-order valence-electron chi connectivity index (χ2n) is 20.4. The van der Waals surface area contributed by atoms with Crippen molar-refractivity contribution in [2.45, 2.75) is 43.9 Å². The molecule has 4 aliphatic rings. The number of fused-ring (bicyclic) bond motifs is 16. The van der Waals surface area contributed by atoms with E-state index in [9.17, 15) is 0 Å². The quantitative estimate of drug-likeness (QED) is 0.167. The monoisotopic (exact) mass is 867 g/mol. The van der Waals surface area contributed by atoms with Crippen LogP contribution in [0.1, 0.15) is 72.2 Å². The zero-order valence-corrected chi connectivity index (χ0v) is 38.8. The Hall–Kier alpha value is -8.00. The molecule has 68 heavy (non-hydrogen) atoms. The predicted octanol–water partition coefficient (Wildman–Crippen LogP) is 17.4. The molecule has 0 saturated carbocycles. The third-order valence-electron chi connectivity index (χ3n) is 16.3. The van der Waals surface area contributed by atoms with Crippen LogP contribution in [0.15, 0.2) is 224 Å². The molecule has 1 heteroatoms. The minimum atomic E-state index is -0.434. The van der Waals surface area contributed by atoms with Gasteiger partial charge in [-0.1, -0.05) is 204 Å². The summed E-state index contributed by atoms with van der Waals surface area (Å²) in [5.74, 6) is 0. The van der Waals surface area contributed by atoms with Crippen molar-refractivity contribution in [3.8, 4) is 66.8 Å². The summed E-state index contributed by atoms with van der Waals surface area (Å²) in [6, 6.07) is 84.9. The van der Waals surface area contributed by atoms with Crippen LogP contribution in [-0.4, -0.2) is 0 Å². The number of nitrogens with zero attached hydrogens (tertiary/aromatic N) is 1. The molecule has 0 bridgehead atoms. The van der Waals surface area contributed by atoms with Gasteiger partial charge < -0.3 is 4.90 Å². The molecule has 0 atom stereocenters. The highest BCUT2D eigenvalue weighted by Gasteiger charge is 2.51. The van der Waals surface area contributed by atoms with Gasteiger partial charge in [-0.15, -0.1) is 0 Å². The number of anilines is 3. The highest BCUT2D eigenvalue weighted by Crippen LogP contribution is 2.63. The first-order valence-corrected chi connectivity index (χ1v) is 24.2. The molecule has 0 aromatic heterocycles. The molecule has 0 fully saturated rings. The smallest absolute Gasteiger partial charge is 0.0726 e. The fourth-order valence-electron chi connectivity index (χ4n) is 13.0. The van der Waals surface area contributed by atoms with Crippen LogP contribution in [0.3, 0.4) is 0 Å². The summed E-state index contributed by atoms with van der Waals surface area (Å²) >= 11 is 0. The van der Waals surface area contributed by atoms with Crippen LogP contribution in [0.2, 0.25) is 0 Å². The lowest BCUT2D eigenvalue weighted by Gasteiger charge is -2.32. The average molecular weight is 868 g/mol. The zero-order valence-electron chi connectivity index (χ0n) is 38.8. The molecule has 0 saturated heterocycles. The molecule has 1 nitrogen and oxygen atoms in total. The summed E-state index contributed by atoms with van der Waals surface area (Å²) in [6.07, 6.45) is 0. The molecule has 0 amide bonds. The van der Waals surface area contributed by atoms with Crippen molar-refractivity contribution < 1.29 is 0 Å². The maximum absolute atomic E-state index is 2.50. The molecule has 0 heterocycles. The summed E-state index contributed by atoms with van der Waals surface area (Å²) in [4.78, 5) is 2.46. The van der Waals surface area contributed by atoms with Crippen molar-refractivity contribution in [1.82, 2.24) is 0 Å². The van der Waals surface area contributed by atoms with Crippen LogP contribution in [0.5, 0.6) is 0 Å². The molecule has 10 aromatic rings. The summed E-state index contributed by atoms with van der Waals surface area (Å²) in [5.41, 5.74) is 29.3. The van der Waals surface area contributed by atoms with Gasteiger partial charge in [0.05, 0.1) is 5.41 Å². The van der Waals surface area contributed by atoms with E-state index in [4.69, 9.17) is 0 Å². The van der Waals surface area contributed by atoms with E-state index in [1.807, 2.05) is 0 Å². The summed E-state index contributed by atoms with van der Waals surface area (Å²) in [5, 5.41) is 0. The van der Waals surface area contributed by atoms with Crippen molar-refractivity contribution in [1.29, 1.82) is 0 Å². The van der Waals surface area contributed by atoms with Crippen molar-refractivity contribution in [2.24, 2.45) is 0 Å². The lowest BCUT2D eigenvalue weighted by molar-refractivity contribution is 0.660. The van der Waals surface area contributed by atoms with Gasteiger partial charge in [-0.25, -0.2) is 0 Å².